The number of aliphatic carboxylic acids is 1. The van der Waals surface area contributed by atoms with E-state index in [4.69, 9.17) is 5.11 Å². The van der Waals surface area contributed by atoms with Crippen molar-refractivity contribution in [3.8, 4) is 0 Å². The molecule has 22 heavy (non-hydrogen) atoms. The van der Waals surface area contributed by atoms with Crippen molar-refractivity contribution in [3.05, 3.63) is 47.0 Å². The van der Waals surface area contributed by atoms with Crippen LogP contribution in [-0.4, -0.2) is 28.2 Å². The number of rotatable bonds is 4. The predicted molar refractivity (Wildman–Crippen MR) is 71.6 cm³/mol. The van der Waals surface area contributed by atoms with Crippen LogP contribution in [0.25, 0.3) is 0 Å². The smallest absolute Gasteiger partial charge is 0.478 e. The zero-order chi connectivity index (χ0) is 16.3. The van der Waals surface area contributed by atoms with Gasteiger partial charge < -0.3 is 5.11 Å². The van der Waals surface area contributed by atoms with Crippen LogP contribution in [0.1, 0.15) is 24.8 Å². The van der Waals surface area contributed by atoms with E-state index in [1.807, 2.05) is 0 Å². The summed E-state index contributed by atoms with van der Waals surface area (Å²) in [5, 5.41) is 9.00. The van der Waals surface area contributed by atoms with Crippen LogP contribution >= 0.6 is 0 Å². The van der Waals surface area contributed by atoms with Crippen LogP contribution in [0.3, 0.4) is 0 Å². The minimum atomic E-state index is -4.87. The molecule has 0 atom stereocenters. The van der Waals surface area contributed by atoms with Crippen LogP contribution in [0.4, 0.5) is 13.2 Å². The quantitative estimate of drug-likeness (QED) is 0.869. The average molecular weight is 313 g/mol. The molecule has 0 spiro atoms. The molecule has 2 rings (SSSR count). The molecule has 0 fully saturated rings. The number of carboxylic acids is 1. The number of carbonyl (C=O) groups is 2. The van der Waals surface area contributed by atoms with E-state index in [0.29, 0.717) is 12.0 Å². The van der Waals surface area contributed by atoms with Gasteiger partial charge in [-0.2, -0.15) is 0 Å². The highest BCUT2D eigenvalue weighted by atomic mass is 19.4. The zero-order valence-corrected chi connectivity index (χ0v) is 11.6. The second-order valence-electron chi connectivity index (χ2n) is 4.96. The first-order chi connectivity index (χ1) is 10.3. The van der Waals surface area contributed by atoms with Crippen LogP contribution < -0.4 is 0 Å². The summed E-state index contributed by atoms with van der Waals surface area (Å²) in [6, 6.07) is 7.77. The average Bonchev–Trinajstić information content (AvgIpc) is 2.93. The molecule has 0 saturated carbocycles. The first kappa shape index (κ1) is 16.1. The molecule has 0 aromatic heterocycles. The fourth-order valence-corrected chi connectivity index (χ4v) is 2.42. The van der Waals surface area contributed by atoms with Crippen LogP contribution in [0, 0.1) is 0 Å². The van der Waals surface area contributed by atoms with Crippen molar-refractivity contribution in [2.45, 2.75) is 32.1 Å². The molecule has 1 aliphatic rings. The third-order valence-corrected chi connectivity index (χ3v) is 3.47. The number of carbonyl (C=O) groups excluding carboxylic acids is 1. The molecule has 0 bridgehead atoms. The zero-order valence-electron chi connectivity index (χ0n) is 11.6. The third kappa shape index (κ3) is 3.47. The molecule has 1 aliphatic carbocycles. The molecule has 1 aromatic carbocycles. The molecular formula is C15H14F3NO3. The van der Waals surface area contributed by atoms with Crippen molar-refractivity contribution in [1.82, 2.24) is 4.90 Å². The highest BCUT2D eigenvalue weighted by molar-refractivity contribution is 6.03. The number of benzene rings is 1. The van der Waals surface area contributed by atoms with Crippen LogP contribution in [0.5, 0.6) is 0 Å². The Morgan fingerprint density at radius 2 is 1.68 bits per heavy atom. The lowest BCUT2D eigenvalue weighted by Crippen LogP contribution is -2.43. The van der Waals surface area contributed by atoms with Gasteiger partial charge in [0.05, 0.1) is 6.54 Å². The van der Waals surface area contributed by atoms with Gasteiger partial charge in [-0.3, -0.25) is 4.79 Å². The van der Waals surface area contributed by atoms with Gasteiger partial charge in [0, 0.05) is 11.1 Å². The lowest BCUT2D eigenvalue weighted by molar-refractivity contribution is -0.241. The summed E-state index contributed by atoms with van der Waals surface area (Å²) in [7, 11) is 0. The Balaban J connectivity index is 2.32. The molecular weight excluding hydrogens is 299 g/mol. The third-order valence-electron chi connectivity index (χ3n) is 3.47. The van der Waals surface area contributed by atoms with Gasteiger partial charge in [0.15, 0.2) is 0 Å². The van der Waals surface area contributed by atoms with Crippen LogP contribution in [0.15, 0.2) is 41.5 Å². The van der Waals surface area contributed by atoms with Gasteiger partial charge in [-0.15, -0.1) is 13.2 Å². The summed E-state index contributed by atoms with van der Waals surface area (Å²) in [5.74, 6) is -2.60. The summed E-state index contributed by atoms with van der Waals surface area (Å²) < 4.78 is 39.5. The minimum absolute atomic E-state index is 0.0574. The number of nitrogens with zero attached hydrogens (tertiary/aromatic N) is 1. The minimum Gasteiger partial charge on any atom is -0.478 e. The molecule has 0 radical (unpaired) electrons. The topological polar surface area (TPSA) is 57.6 Å². The van der Waals surface area contributed by atoms with E-state index in [-0.39, 0.29) is 28.9 Å². The number of alkyl halides is 3. The van der Waals surface area contributed by atoms with E-state index in [2.05, 4.69) is 0 Å². The second kappa shape index (κ2) is 6.21. The number of carboxylic acid groups (broad SMARTS) is 1. The number of hydrogen-bond acceptors (Lipinski definition) is 2. The van der Waals surface area contributed by atoms with Crippen molar-refractivity contribution in [2.75, 3.05) is 0 Å². The van der Waals surface area contributed by atoms with Crippen molar-refractivity contribution in [3.63, 3.8) is 0 Å². The fraction of sp³-hybridized carbons (Fsp3) is 0.333. The highest BCUT2D eigenvalue weighted by Crippen LogP contribution is 2.32. The van der Waals surface area contributed by atoms with E-state index in [1.54, 1.807) is 18.2 Å². The largest absolute Gasteiger partial charge is 0.487 e. The molecule has 1 N–H and O–H groups in total. The Morgan fingerprint density at radius 3 is 2.23 bits per heavy atom. The van der Waals surface area contributed by atoms with Gasteiger partial charge >= 0.3 is 12.3 Å². The second-order valence-corrected chi connectivity index (χ2v) is 4.96. The van der Waals surface area contributed by atoms with Crippen molar-refractivity contribution in [1.29, 1.82) is 0 Å². The number of hydrogen-bond donors (Lipinski definition) is 1. The molecule has 1 aromatic rings. The van der Waals surface area contributed by atoms with Crippen LogP contribution in [0.2, 0.25) is 0 Å². The lowest BCUT2D eigenvalue weighted by atomic mass is 10.1. The Morgan fingerprint density at radius 1 is 1.09 bits per heavy atom. The Labute approximate surface area is 124 Å². The van der Waals surface area contributed by atoms with Crippen LogP contribution in [-0.2, 0) is 16.1 Å². The van der Waals surface area contributed by atoms with Crippen molar-refractivity contribution < 1.29 is 27.9 Å². The van der Waals surface area contributed by atoms with E-state index < -0.39 is 24.7 Å². The Hall–Kier alpha value is -2.31. The predicted octanol–water partition coefficient (Wildman–Crippen LogP) is 3.10. The fourth-order valence-electron chi connectivity index (χ4n) is 2.42. The summed E-state index contributed by atoms with van der Waals surface area (Å²) in [4.78, 5) is 23.0. The standard InChI is InChI=1S/C15H14F3NO3/c16-15(17,18)19(9-10-5-2-1-3-6-10)13(20)11-7-4-8-12(11)14(21)22/h1-3,5-6H,4,7-9H2,(H,21,22). The van der Waals surface area contributed by atoms with E-state index in [0.717, 1.165) is 0 Å². The SMILES string of the molecule is O=C(O)C1=C(C(=O)N(Cc2ccccc2)C(F)(F)F)CCC1. The maximum absolute atomic E-state index is 13.2. The molecule has 7 heteroatoms. The maximum atomic E-state index is 13.2. The summed E-state index contributed by atoms with van der Waals surface area (Å²) in [6.07, 6.45) is -4.32. The van der Waals surface area contributed by atoms with Gasteiger partial charge in [-0.25, -0.2) is 9.69 Å². The van der Waals surface area contributed by atoms with Gasteiger partial charge in [0.25, 0.3) is 5.91 Å². The maximum Gasteiger partial charge on any atom is 0.487 e. The van der Waals surface area contributed by atoms with Gasteiger partial charge in [0.1, 0.15) is 0 Å². The first-order valence-corrected chi connectivity index (χ1v) is 6.68. The molecule has 1 amide bonds. The monoisotopic (exact) mass is 313 g/mol. The van der Waals surface area contributed by atoms with E-state index >= 15 is 0 Å². The molecule has 118 valence electrons. The highest BCUT2D eigenvalue weighted by Gasteiger charge is 2.43. The molecule has 0 saturated heterocycles. The molecule has 4 nitrogen and oxygen atoms in total. The van der Waals surface area contributed by atoms with Crippen molar-refractivity contribution >= 4 is 11.9 Å². The van der Waals surface area contributed by atoms with Gasteiger partial charge in [0.2, 0.25) is 0 Å². The lowest BCUT2D eigenvalue weighted by Gasteiger charge is -2.26. The van der Waals surface area contributed by atoms with Crippen molar-refractivity contribution in [2.24, 2.45) is 0 Å². The Kier molecular flexibility index (Phi) is 4.54. The Bertz CT molecular complexity index is 608. The van der Waals surface area contributed by atoms with E-state index in [1.165, 1.54) is 12.1 Å². The normalized spacial score (nSPS) is 15.0. The summed E-state index contributed by atoms with van der Waals surface area (Å²) in [5.41, 5.74) is -0.142. The number of halogens is 3. The summed E-state index contributed by atoms with van der Waals surface area (Å²) in [6.45, 7) is -0.639. The number of amides is 1. The van der Waals surface area contributed by atoms with Gasteiger partial charge in [-0.05, 0) is 24.8 Å². The molecule has 0 heterocycles. The van der Waals surface area contributed by atoms with Gasteiger partial charge in [-0.1, -0.05) is 30.3 Å². The summed E-state index contributed by atoms with van der Waals surface area (Å²) >= 11 is 0. The molecule has 0 aliphatic heterocycles. The van der Waals surface area contributed by atoms with E-state index in [9.17, 15) is 22.8 Å². The molecule has 0 unspecified atom stereocenters. The first-order valence-electron chi connectivity index (χ1n) is 6.68.